The number of benzene rings is 7. The van der Waals surface area contributed by atoms with Crippen molar-refractivity contribution in [3.63, 3.8) is 0 Å². The monoisotopic (exact) mass is 1030 g/mol. The molecule has 1 fully saturated rings. The maximum absolute atomic E-state index is 2.85. The fraction of sp³-hybridized carbons (Fsp3) is 0.432. The van der Waals surface area contributed by atoms with Crippen molar-refractivity contribution >= 4 is 68.6 Å². The second kappa shape index (κ2) is 16.5. The molecule has 13 rings (SSSR count). The standard InChI is InChI=1S/C74H86BN3/c1-46-37-48(67(2,3)4)29-31-59(46)76-62-43-55-53(69(8,9)35-36-70(55,10)11)41-57(62)75-58-42-54-56(72(14,15)45-71(54,12)13)44-63(58)77(60-32-30-49(68(5,6)7)38-51(60)47-25-19-18-20-26-47)65-40-50(39-64(76)66(65)75)78-61-28-22-21-27-52(61)73(16)33-23-24-34-74(73,78)17/h18-22,25-32,37-44H,23-24,33-36,45H2,1-17H3. The average Bonchev–Trinajstić information content (AvgIpc) is 2.36. The molecule has 7 aromatic rings. The minimum Gasteiger partial charge on any atom is -0.334 e. The van der Waals surface area contributed by atoms with E-state index in [2.05, 4.69) is 260 Å². The summed E-state index contributed by atoms with van der Waals surface area (Å²) in [5.41, 5.74) is 28.6. The molecule has 0 amide bonds. The molecular weight excluding hydrogens is 942 g/mol. The molecule has 0 N–H and O–H groups in total. The molecule has 0 bridgehead atoms. The topological polar surface area (TPSA) is 9.72 Å². The van der Waals surface area contributed by atoms with Crippen molar-refractivity contribution in [1.82, 2.24) is 0 Å². The van der Waals surface area contributed by atoms with Gasteiger partial charge >= 0.3 is 0 Å². The number of anilines is 8. The van der Waals surface area contributed by atoms with Crippen molar-refractivity contribution in [2.45, 2.75) is 206 Å². The van der Waals surface area contributed by atoms with E-state index in [1.807, 2.05) is 0 Å². The summed E-state index contributed by atoms with van der Waals surface area (Å²) in [6, 6.07) is 51.8. The average molecular weight is 1030 g/mol. The van der Waals surface area contributed by atoms with Gasteiger partial charge in [-0.15, -0.1) is 0 Å². The van der Waals surface area contributed by atoms with E-state index < -0.39 is 0 Å². The molecule has 400 valence electrons. The molecular formula is C74H86BN3. The molecule has 2 atom stereocenters. The van der Waals surface area contributed by atoms with Crippen molar-refractivity contribution in [2.24, 2.45) is 0 Å². The number of hydrogen-bond acceptors (Lipinski definition) is 3. The van der Waals surface area contributed by atoms with Crippen molar-refractivity contribution in [3.8, 4) is 11.1 Å². The van der Waals surface area contributed by atoms with Crippen LogP contribution < -0.4 is 31.1 Å². The van der Waals surface area contributed by atoms with Crippen molar-refractivity contribution < 1.29 is 0 Å². The van der Waals surface area contributed by atoms with Gasteiger partial charge in [0.2, 0.25) is 0 Å². The second-order valence-electron chi connectivity index (χ2n) is 30.4. The Hall–Kier alpha value is -6.00. The molecule has 0 spiro atoms. The van der Waals surface area contributed by atoms with Crippen LogP contribution in [0, 0.1) is 6.92 Å². The zero-order valence-electron chi connectivity index (χ0n) is 50.5. The van der Waals surface area contributed by atoms with E-state index in [9.17, 15) is 0 Å². The van der Waals surface area contributed by atoms with Gasteiger partial charge in [-0.25, -0.2) is 0 Å². The van der Waals surface area contributed by atoms with E-state index in [-0.39, 0.29) is 50.2 Å². The lowest BCUT2D eigenvalue weighted by atomic mass is 9.33. The van der Waals surface area contributed by atoms with Gasteiger partial charge in [0.15, 0.2) is 0 Å². The van der Waals surface area contributed by atoms with E-state index in [4.69, 9.17) is 0 Å². The zero-order valence-corrected chi connectivity index (χ0v) is 50.5. The first kappa shape index (κ1) is 51.4. The van der Waals surface area contributed by atoms with Crippen LogP contribution >= 0.6 is 0 Å². The van der Waals surface area contributed by atoms with Gasteiger partial charge in [-0.3, -0.25) is 0 Å². The highest BCUT2D eigenvalue weighted by Crippen LogP contribution is 2.63. The van der Waals surface area contributed by atoms with Crippen LogP contribution in [-0.4, -0.2) is 12.3 Å². The molecule has 78 heavy (non-hydrogen) atoms. The van der Waals surface area contributed by atoms with E-state index in [1.165, 1.54) is 143 Å². The third-order valence-electron chi connectivity index (χ3n) is 21.3. The fourth-order valence-electron chi connectivity index (χ4n) is 16.7. The van der Waals surface area contributed by atoms with E-state index in [1.54, 1.807) is 0 Å². The molecule has 6 aliphatic rings. The quantitative estimate of drug-likeness (QED) is 0.163. The summed E-state index contributed by atoms with van der Waals surface area (Å²) in [7, 11) is 0. The van der Waals surface area contributed by atoms with Crippen LogP contribution in [-0.2, 0) is 37.9 Å². The Bertz CT molecular complexity index is 3650. The lowest BCUT2D eigenvalue weighted by molar-refractivity contribution is 0.195. The van der Waals surface area contributed by atoms with Crippen LogP contribution in [0.1, 0.15) is 200 Å². The van der Waals surface area contributed by atoms with Gasteiger partial charge in [-0.2, -0.15) is 0 Å². The third kappa shape index (κ3) is 7.28. The lowest BCUT2D eigenvalue weighted by Crippen LogP contribution is -2.62. The number of aryl methyl sites for hydroxylation is 1. The number of para-hydroxylation sites is 1. The summed E-state index contributed by atoms with van der Waals surface area (Å²) in [5, 5.41) is 0. The van der Waals surface area contributed by atoms with Crippen LogP contribution in [0.3, 0.4) is 0 Å². The van der Waals surface area contributed by atoms with Crippen molar-refractivity contribution in [3.05, 3.63) is 172 Å². The first-order valence-electron chi connectivity index (χ1n) is 29.9. The van der Waals surface area contributed by atoms with Crippen LogP contribution in [0.15, 0.2) is 127 Å². The first-order chi connectivity index (χ1) is 36.6. The second-order valence-corrected chi connectivity index (χ2v) is 30.4. The lowest BCUT2D eigenvalue weighted by Gasteiger charge is -2.51. The molecule has 3 heterocycles. The maximum atomic E-state index is 2.85. The molecule has 3 aliphatic heterocycles. The Labute approximate surface area is 470 Å². The Morgan fingerprint density at radius 3 is 1.51 bits per heavy atom. The summed E-state index contributed by atoms with van der Waals surface area (Å²) in [4.78, 5) is 8.39. The number of fused-ring (bicyclic) bond motifs is 9. The molecule has 2 unspecified atom stereocenters. The minimum absolute atomic E-state index is 0.00282. The Morgan fingerprint density at radius 1 is 0.423 bits per heavy atom. The minimum atomic E-state index is -0.136. The molecule has 3 nitrogen and oxygen atoms in total. The van der Waals surface area contributed by atoms with Crippen LogP contribution in [0.4, 0.5) is 45.5 Å². The zero-order chi connectivity index (χ0) is 55.2. The summed E-state index contributed by atoms with van der Waals surface area (Å²) in [6.45, 7) is 41.8. The van der Waals surface area contributed by atoms with Gasteiger partial charge in [-0.1, -0.05) is 196 Å². The summed E-state index contributed by atoms with van der Waals surface area (Å²) >= 11 is 0. The van der Waals surface area contributed by atoms with Crippen molar-refractivity contribution in [1.29, 1.82) is 0 Å². The number of rotatable bonds is 4. The predicted molar refractivity (Wildman–Crippen MR) is 337 cm³/mol. The summed E-state index contributed by atoms with van der Waals surface area (Å²) in [6.07, 6.45) is 8.25. The highest BCUT2D eigenvalue weighted by Gasteiger charge is 2.58. The smallest absolute Gasteiger partial charge is 0.252 e. The maximum Gasteiger partial charge on any atom is 0.252 e. The van der Waals surface area contributed by atoms with Crippen LogP contribution in [0.2, 0.25) is 0 Å². The van der Waals surface area contributed by atoms with Gasteiger partial charge in [0.25, 0.3) is 6.71 Å². The fourth-order valence-corrected chi connectivity index (χ4v) is 16.7. The van der Waals surface area contributed by atoms with E-state index in [0.29, 0.717) is 0 Å². The van der Waals surface area contributed by atoms with E-state index >= 15 is 0 Å². The molecule has 0 saturated heterocycles. The summed E-state index contributed by atoms with van der Waals surface area (Å²) in [5.74, 6) is 0. The first-order valence-corrected chi connectivity index (χ1v) is 29.9. The Kier molecular flexibility index (Phi) is 10.9. The molecule has 4 heteroatoms. The van der Waals surface area contributed by atoms with Crippen LogP contribution in [0.5, 0.6) is 0 Å². The molecule has 3 aliphatic carbocycles. The van der Waals surface area contributed by atoms with Gasteiger partial charge in [0.05, 0.1) is 11.2 Å². The third-order valence-corrected chi connectivity index (χ3v) is 21.3. The Balaban J connectivity index is 1.22. The van der Waals surface area contributed by atoms with Gasteiger partial charge in [0, 0.05) is 50.8 Å². The molecule has 0 aromatic heterocycles. The highest BCUT2D eigenvalue weighted by molar-refractivity contribution is 7.00. The van der Waals surface area contributed by atoms with E-state index in [0.717, 1.165) is 19.3 Å². The number of hydrogen-bond donors (Lipinski definition) is 0. The predicted octanol–water partition coefficient (Wildman–Crippen LogP) is 18.4. The largest absolute Gasteiger partial charge is 0.334 e. The SMILES string of the molecule is Cc1cc(C(C)(C)C)ccc1N1c2cc3c(cc2B2c4cc5c(cc4N(c4ccc(C(C)(C)C)cc4-c4ccccc4)c4cc(N6c7ccccc7C7(C)CCCCC67C)cc1c42)C(C)(C)CC5(C)C)C(C)(C)CCC3(C)C. The summed E-state index contributed by atoms with van der Waals surface area (Å²) < 4.78 is 0. The van der Waals surface area contributed by atoms with Gasteiger partial charge < -0.3 is 14.7 Å². The molecule has 1 saturated carbocycles. The number of nitrogens with zero attached hydrogens (tertiary/aromatic N) is 3. The van der Waals surface area contributed by atoms with Crippen molar-refractivity contribution in [2.75, 3.05) is 14.7 Å². The Morgan fingerprint density at radius 2 is 0.923 bits per heavy atom. The molecule has 0 radical (unpaired) electrons. The highest BCUT2D eigenvalue weighted by atomic mass is 15.3. The molecule has 7 aromatic carbocycles. The van der Waals surface area contributed by atoms with Crippen LogP contribution in [0.25, 0.3) is 11.1 Å². The van der Waals surface area contributed by atoms with Gasteiger partial charge in [0.1, 0.15) is 0 Å². The van der Waals surface area contributed by atoms with Gasteiger partial charge in [-0.05, 0) is 193 Å². The normalized spacial score (nSPS) is 22.7.